The number of hydrogen-bond donors (Lipinski definition) is 0. The van der Waals surface area contributed by atoms with Gasteiger partial charge in [-0.3, -0.25) is 19.4 Å². The molecule has 5 rings (SSSR count). The van der Waals surface area contributed by atoms with Crippen LogP contribution in [0.5, 0.6) is 0 Å². The molecule has 1 aliphatic carbocycles. The van der Waals surface area contributed by atoms with Gasteiger partial charge in [-0.05, 0) is 58.7 Å². The van der Waals surface area contributed by atoms with Gasteiger partial charge in [-0.2, -0.15) is 5.10 Å². The summed E-state index contributed by atoms with van der Waals surface area (Å²) in [6.45, 7) is 10.8. The lowest BCUT2D eigenvalue weighted by molar-refractivity contribution is -0.118. The number of morpholine rings is 1. The van der Waals surface area contributed by atoms with Crippen molar-refractivity contribution in [3.05, 3.63) is 40.3 Å². The molecule has 8 heteroatoms. The lowest BCUT2D eigenvalue weighted by atomic mass is 9.95. The van der Waals surface area contributed by atoms with Crippen molar-refractivity contribution in [2.75, 3.05) is 32.8 Å². The van der Waals surface area contributed by atoms with Crippen LogP contribution in [0.25, 0.3) is 21.8 Å². The molecule has 0 atom stereocenters. The quantitative estimate of drug-likeness (QED) is 0.480. The maximum atomic E-state index is 12.7. The first-order chi connectivity index (χ1) is 16.5. The van der Waals surface area contributed by atoms with Gasteiger partial charge < -0.3 is 4.74 Å². The lowest BCUT2D eigenvalue weighted by Gasteiger charge is -2.26. The molecule has 0 amide bonds. The zero-order valence-corrected chi connectivity index (χ0v) is 21.2. The van der Waals surface area contributed by atoms with Crippen LogP contribution in [0.15, 0.2) is 18.3 Å². The Morgan fingerprint density at radius 2 is 2.03 bits per heavy atom. The van der Waals surface area contributed by atoms with Gasteiger partial charge in [-0.15, -0.1) is 11.3 Å². The van der Waals surface area contributed by atoms with Gasteiger partial charge in [0.05, 0.1) is 41.6 Å². The second-order valence-corrected chi connectivity index (χ2v) is 10.6. The number of pyridine rings is 1. The summed E-state index contributed by atoms with van der Waals surface area (Å²) in [5.41, 5.74) is 6.66. The van der Waals surface area contributed by atoms with Gasteiger partial charge in [0.1, 0.15) is 10.8 Å². The summed E-state index contributed by atoms with van der Waals surface area (Å²) in [6.07, 6.45) is 5.67. The minimum absolute atomic E-state index is 0.235. The Balaban J connectivity index is 1.34. The van der Waals surface area contributed by atoms with Crippen molar-refractivity contribution in [2.45, 2.75) is 58.9 Å². The number of rotatable bonds is 8. The highest BCUT2D eigenvalue weighted by Gasteiger charge is 2.30. The zero-order chi connectivity index (χ0) is 23.7. The molecule has 0 unspecified atom stereocenters. The topological polar surface area (TPSA) is 73.1 Å². The number of ether oxygens (including phenoxy) is 1. The third-order valence-corrected chi connectivity index (χ3v) is 7.74. The average molecular weight is 480 g/mol. The molecule has 34 heavy (non-hydrogen) atoms. The minimum atomic E-state index is 0.235. The Morgan fingerprint density at radius 1 is 1.21 bits per heavy atom. The van der Waals surface area contributed by atoms with Crippen LogP contribution in [0.2, 0.25) is 0 Å². The van der Waals surface area contributed by atoms with Crippen molar-refractivity contribution in [1.82, 2.24) is 24.6 Å². The largest absolute Gasteiger partial charge is 0.379 e. The highest BCUT2D eigenvalue weighted by atomic mass is 32.1. The van der Waals surface area contributed by atoms with Crippen LogP contribution < -0.4 is 0 Å². The summed E-state index contributed by atoms with van der Waals surface area (Å²) in [5, 5.41) is 5.95. The van der Waals surface area contributed by atoms with E-state index in [9.17, 15) is 4.79 Å². The molecule has 7 nitrogen and oxygen atoms in total. The summed E-state index contributed by atoms with van der Waals surface area (Å²) in [6, 6.07) is 4.39. The van der Waals surface area contributed by atoms with E-state index in [4.69, 9.17) is 14.8 Å². The fourth-order valence-electron chi connectivity index (χ4n) is 4.82. The number of thiazole rings is 1. The molecule has 0 aromatic carbocycles. The summed E-state index contributed by atoms with van der Waals surface area (Å²) in [7, 11) is 0. The van der Waals surface area contributed by atoms with E-state index in [1.54, 1.807) is 11.3 Å². The van der Waals surface area contributed by atoms with E-state index in [1.807, 2.05) is 19.2 Å². The fourth-order valence-corrected chi connectivity index (χ4v) is 6.02. The molecule has 0 bridgehead atoms. The molecular formula is C26H33N5O2S. The third-order valence-electron chi connectivity index (χ3n) is 6.63. The van der Waals surface area contributed by atoms with Crippen molar-refractivity contribution in [3.8, 4) is 21.8 Å². The van der Waals surface area contributed by atoms with E-state index in [0.29, 0.717) is 12.8 Å². The van der Waals surface area contributed by atoms with Gasteiger partial charge in [-0.1, -0.05) is 0 Å². The predicted molar refractivity (Wildman–Crippen MR) is 134 cm³/mol. The lowest BCUT2D eigenvalue weighted by Crippen LogP contribution is -2.37. The molecule has 0 spiro atoms. The number of Topliss-reactive ketones (excluding diaryl/α,β-unsaturated/α-hetero) is 1. The van der Waals surface area contributed by atoms with Gasteiger partial charge in [0.15, 0.2) is 0 Å². The van der Waals surface area contributed by atoms with Crippen LogP contribution in [-0.4, -0.2) is 63.3 Å². The Kier molecular flexibility index (Phi) is 6.90. The molecule has 1 aliphatic heterocycles. The third kappa shape index (κ3) is 4.85. The SMILES string of the molecule is Cc1ccc(-c2nn(C(C)C)c3c2CCc2nc(CC(=O)CCCN4CCOCC4)sc2-3)cn1. The fraction of sp³-hybridized carbons (Fsp3) is 0.538. The van der Waals surface area contributed by atoms with E-state index in [-0.39, 0.29) is 11.8 Å². The standard InChI is InChI=1S/C26H33N5O2S/c1-17(2)31-25-21(24(29-31)19-7-6-18(3)27-16-19)8-9-22-26(25)34-23(28-22)15-20(32)5-4-10-30-11-13-33-14-12-30/h6-7,16-17H,4-5,8-15H2,1-3H3. The molecule has 180 valence electrons. The first-order valence-electron chi connectivity index (χ1n) is 12.3. The zero-order valence-electron chi connectivity index (χ0n) is 20.3. The highest BCUT2D eigenvalue weighted by molar-refractivity contribution is 7.15. The molecule has 2 aliphatic rings. The summed E-state index contributed by atoms with van der Waals surface area (Å²) in [4.78, 5) is 25.7. The number of nitrogens with zero attached hydrogens (tertiary/aromatic N) is 5. The Morgan fingerprint density at radius 3 is 2.76 bits per heavy atom. The second kappa shape index (κ2) is 10.1. The first-order valence-corrected chi connectivity index (χ1v) is 13.2. The summed E-state index contributed by atoms with van der Waals surface area (Å²) < 4.78 is 7.53. The average Bonchev–Trinajstić information content (AvgIpc) is 3.41. The molecule has 0 saturated carbocycles. The molecular weight excluding hydrogens is 446 g/mol. The number of carbonyl (C=O) groups excluding carboxylic acids is 1. The molecule has 3 aromatic rings. The smallest absolute Gasteiger partial charge is 0.139 e. The maximum Gasteiger partial charge on any atom is 0.139 e. The van der Waals surface area contributed by atoms with E-state index < -0.39 is 0 Å². The molecule has 0 N–H and O–H groups in total. The van der Waals surface area contributed by atoms with Crippen LogP contribution in [0.4, 0.5) is 0 Å². The van der Waals surface area contributed by atoms with Crippen LogP contribution in [0.1, 0.15) is 54.7 Å². The number of carbonyl (C=O) groups is 1. The van der Waals surface area contributed by atoms with E-state index in [0.717, 1.165) is 79.8 Å². The van der Waals surface area contributed by atoms with Crippen molar-refractivity contribution < 1.29 is 9.53 Å². The normalized spacial score (nSPS) is 16.0. The molecule has 3 aromatic heterocycles. The first kappa shape index (κ1) is 23.3. The number of aromatic nitrogens is 4. The predicted octanol–water partition coefficient (Wildman–Crippen LogP) is 4.28. The molecule has 0 radical (unpaired) electrons. The van der Waals surface area contributed by atoms with Crippen molar-refractivity contribution >= 4 is 17.1 Å². The second-order valence-electron chi connectivity index (χ2n) is 9.56. The Labute approximate surface area is 205 Å². The Hall–Kier alpha value is -2.42. The maximum absolute atomic E-state index is 12.7. The van der Waals surface area contributed by atoms with Gasteiger partial charge in [0.2, 0.25) is 0 Å². The van der Waals surface area contributed by atoms with Gasteiger partial charge in [0.25, 0.3) is 0 Å². The van der Waals surface area contributed by atoms with Crippen LogP contribution >= 0.6 is 11.3 Å². The van der Waals surface area contributed by atoms with Gasteiger partial charge in [0, 0.05) is 48.6 Å². The van der Waals surface area contributed by atoms with Crippen molar-refractivity contribution in [1.29, 1.82) is 0 Å². The van der Waals surface area contributed by atoms with Gasteiger partial charge >= 0.3 is 0 Å². The van der Waals surface area contributed by atoms with Crippen LogP contribution in [0, 0.1) is 6.92 Å². The number of ketones is 1. The van der Waals surface area contributed by atoms with E-state index in [2.05, 4.69) is 34.5 Å². The van der Waals surface area contributed by atoms with Crippen molar-refractivity contribution in [2.24, 2.45) is 0 Å². The summed E-state index contributed by atoms with van der Waals surface area (Å²) in [5.74, 6) is 0.281. The van der Waals surface area contributed by atoms with E-state index >= 15 is 0 Å². The number of aryl methyl sites for hydroxylation is 2. The van der Waals surface area contributed by atoms with Gasteiger partial charge in [-0.25, -0.2) is 4.98 Å². The highest BCUT2D eigenvalue weighted by Crippen LogP contribution is 2.43. The molecule has 1 fully saturated rings. The Bertz CT molecular complexity index is 1160. The minimum Gasteiger partial charge on any atom is -0.379 e. The van der Waals surface area contributed by atoms with Crippen LogP contribution in [-0.2, 0) is 28.8 Å². The molecule has 1 saturated heterocycles. The number of fused-ring (bicyclic) bond motifs is 3. The number of hydrogen-bond acceptors (Lipinski definition) is 7. The van der Waals surface area contributed by atoms with Crippen molar-refractivity contribution in [3.63, 3.8) is 0 Å². The van der Waals surface area contributed by atoms with E-state index in [1.165, 1.54) is 16.1 Å². The van der Waals surface area contributed by atoms with Crippen LogP contribution in [0.3, 0.4) is 0 Å². The molecule has 4 heterocycles. The summed E-state index contributed by atoms with van der Waals surface area (Å²) >= 11 is 1.68. The monoisotopic (exact) mass is 479 g/mol.